The fraction of sp³-hybridized carbons (Fsp3) is 0.403. The van der Waals surface area contributed by atoms with Crippen molar-refractivity contribution in [2.24, 2.45) is 5.41 Å². The second-order valence-electron chi connectivity index (χ2n) is 23.9. The van der Waals surface area contributed by atoms with Crippen LogP contribution in [0, 0.1) is 5.41 Å². The summed E-state index contributed by atoms with van der Waals surface area (Å²) in [7, 11) is -11.1. The number of anilines is 2. The number of fused-ring (bicyclic) bond motifs is 4. The molecule has 87 heavy (non-hydrogen) atoms. The number of carbonyl (C=O) groups excluding carboxylic acids is 5. The number of nitrogens with zero attached hydrogens (tertiary/aromatic N) is 6. The van der Waals surface area contributed by atoms with Gasteiger partial charge in [-0.2, -0.15) is 18.2 Å². The maximum absolute atomic E-state index is 14.6. The summed E-state index contributed by atoms with van der Waals surface area (Å²) in [6, 6.07) is 29.8. The van der Waals surface area contributed by atoms with Gasteiger partial charge in [0.15, 0.2) is 0 Å². The van der Waals surface area contributed by atoms with Crippen LogP contribution in [-0.4, -0.2) is 160 Å². The summed E-state index contributed by atoms with van der Waals surface area (Å²) in [5.74, 6) is -2.59. The van der Waals surface area contributed by atoms with Crippen LogP contribution in [0.1, 0.15) is 101 Å². The number of urea groups is 1. The molecule has 5 aromatic rings. The third kappa shape index (κ3) is 13.6. The van der Waals surface area contributed by atoms with Gasteiger partial charge in [0, 0.05) is 110 Å². The molecule has 6 aliphatic heterocycles. The van der Waals surface area contributed by atoms with Gasteiger partial charge in [0.05, 0.1) is 28.3 Å². The Hall–Kier alpha value is -6.80. The molecular formula is C62H67ClF3N9O9S3. The zero-order valence-electron chi connectivity index (χ0n) is 48.0. The lowest BCUT2D eigenvalue weighted by Gasteiger charge is -2.52. The summed E-state index contributed by atoms with van der Waals surface area (Å²) < 4.78 is 100. The number of carbonyl (C=O) groups is 5. The summed E-state index contributed by atoms with van der Waals surface area (Å²) >= 11 is 7.63. The second-order valence-corrected chi connectivity index (χ2v) is 29.0. The van der Waals surface area contributed by atoms with Gasteiger partial charge in [0.2, 0.25) is 5.91 Å². The molecular weight excluding hydrogens is 1200 g/mol. The second kappa shape index (κ2) is 25.0. The van der Waals surface area contributed by atoms with Crippen LogP contribution in [0.15, 0.2) is 136 Å². The Morgan fingerprint density at radius 3 is 2.15 bits per heavy atom. The number of hydrogen-bond donors (Lipinski definition) is 3. The Morgan fingerprint density at radius 2 is 1.47 bits per heavy atom. The van der Waals surface area contributed by atoms with Crippen LogP contribution in [0.25, 0.3) is 5.57 Å². The lowest BCUT2D eigenvalue weighted by atomic mass is 9.73. The van der Waals surface area contributed by atoms with E-state index in [9.17, 15) is 54.0 Å². The lowest BCUT2D eigenvalue weighted by Crippen LogP contribution is -2.62. The van der Waals surface area contributed by atoms with Crippen molar-refractivity contribution in [2.45, 2.75) is 104 Å². The number of sulfone groups is 1. The molecule has 12 rings (SSSR count). The minimum atomic E-state index is -6.17. The first kappa shape index (κ1) is 61.8. The number of halogens is 4. The van der Waals surface area contributed by atoms with Gasteiger partial charge in [-0.3, -0.25) is 39.2 Å². The molecule has 5 saturated heterocycles. The first-order valence-electron chi connectivity index (χ1n) is 29.0. The van der Waals surface area contributed by atoms with Gasteiger partial charge in [-0.15, -0.1) is 11.8 Å². The van der Waals surface area contributed by atoms with E-state index in [-0.39, 0.29) is 52.9 Å². The Balaban J connectivity index is 0.737. The van der Waals surface area contributed by atoms with E-state index in [1.54, 1.807) is 30.3 Å². The van der Waals surface area contributed by atoms with E-state index in [0.717, 1.165) is 90.0 Å². The highest BCUT2D eigenvalue weighted by atomic mass is 35.5. The molecule has 7 aliphatic rings. The predicted octanol–water partition coefficient (Wildman–Crippen LogP) is 9.30. The third-order valence-electron chi connectivity index (χ3n) is 17.4. The highest BCUT2D eigenvalue weighted by Crippen LogP contribution is 2.44. The van der Waals surface area contributed by atoms with E-state index in [0.29, 0.717) is 56.8 Å². The fourth-order valence-electron chi connectivity index (χ4n) is 12.7. The number of sulfonamides is 1. The maximum Gasteiger partial charge on any atom is 0.501 e. The minimum absolute atomic E-state index is 0.0342. The van der Waals surface area contributed by atoms with E-state index in [4.69, 9.17) is 11.6 Å². The van der Waals surface area contributed by atoms with Crippen LogP contribution in [-0.2, 0) is 31.2 Å². The number of amides is 6. The van der Waals surface area contributed by atoms with Crippen LogP contribution < -0.4 is 20.3 Å². The predicted molar refractivity (Wildman–Crippen MR) is 325 cm³/mol. The molecule has 3 atom stereocenters. The van der Waals surface area contributed by atoms with Crippen molar-refractivity contribution in [3.8, 4) is 0 Å². The third-order valence-corrected chi connectivity index (χ3v) is 21.7. The molecule has 460 valence electrons. The number of benzene rings is 5. The van der Waals surface area contributed by atoms with Crippen molar-refractivity contribution >= 4 is 89.8 Å². The number of piperidine rings is 2. The summed E-state index contributed by atoms with van der Waals surface area (Å²) in [6.07, 6.45) is 5.12. The molecule has 6 heterocycles. The van der Waals surface area contributed by atoms with Crippen LogP contribution in [0.5, 0.6) is 0 Å². The van der Waals surface area contributed by atoms with Gasteiger partial charge in [0.25, 0.3) is 37.6 Å². The number of alkyl halides is 3. The summed E-state index contributed by atoms with van der Waals surface area (Å²) in [6.45, 7) is 10.6. The van der Waals surface area contributed by atoms with Crippen molar-refractivity contribution in [3.05, 3.63) is 154 Å². The number of hydrazine groups is 1. The Kier molecular flexibility index (Phi) is 17.8. The monoisotopic (exact) mass is 1270 g/mol. The largest absolute Gasteiger partial charge is 0.501 e. The molecule has 5 fully saturated rings. The molecule has 2 bridgehead atoms. The van der Waals surface area contributed by atoms with Gasteiger partial charge in [-0.05, 0) is 140 Å². The average Bonchev–Trinajstić information content (AvgIpc) is 1.92. The summed E-state index contributed by atoms with van der Waals surface area (Å²) in [5.41, 5.74) is -0.192. The molecule has 5 aromatic carbocycles. The normalized spacial score (nSPS) is 20.9. The molecule has 0 aromatic heterocycles. The van der Waals surface area contributed by atoms with Crippen molar-refractivity contribution < 1.29 is 54.0 Å². The number of rotatable bonds is 19. The van der Waals surface area contributed by atoms with E-state index in [1.807, 2.05) is 47.2 Å². The van der Waals surface area contributed by atoms with Crippen LogP contribution in [0.4, 0.5) is 29.3 Å². The fourth-order valence-corrected chi connectivity index (χ4v) is 15.8. The van der Waals surface area contributed by atoms with Gasteiger partial charge < -0.3 is 10.2 Å². The van der Waals surface area contributed by atoms with Crippen molar-refractivity contribution in [3.63, 3.8) is 0 Å². The first-order chi connectivity index (χ1) is 41.4. The average molecular weight is 1270 g/mol. The highest BCUT2D eigenvalue weighted by molar-refractivity contribution is 7.99. The van der Waals surface area contributed by atoms with Gasteiger partial charge >= 0.3 is 11.5 Å². The smallest absolute Gasteiger partial charge is 0.380 e. The molecule has 0 spiro atoms. The number of hydrogen-bond acceptors (Lipinski definition) is 15. The highest BCUT2D eigenvalue weighted by Gasteiger charge is 2.49. The molecule has 3 N–H and O–H groups in total. The van der Waals surface area contributed by atoms with Crippen LogP contribution in [0.3, 0.4) is 0 Å². The Labute approximate surface area is 513 Å². The van der Waals surface area contributed by atoms with Gasteiger partial charge in [0.1, 0.15) is 4.90 Å². The van der Waals surface area contributed by atoms with Crippen molar-refractivity contribution in [1.82, 2.24) is 34.8 Å². The SMILES string of the molecule is CC1(C)CCC(c2ccc(Cl)cc2)=C(CN2CCN(c3ccc(C(=O)NS(=O)(=O)c4ccc(N[C@H](CCN5CC6CCC5CN6Cc5ccc6c(c5)C(=O)N(N5CCC(=O)NC5=O)C6=O)CSc5ccccc5)c(S(=O)(=O)C(F)(F)F)c4)cc3)CC2)C1. The maximum atomic E-state index is 14.6. The zero-order valence-corrected chi connectivity index (χ0v) is 51.2. The van der Waals surface area contributed by atoms with E-state index >= 15 is 0 Å². The molecule has 0 radical (unpaired) electrons. The molecule has 2 unspecified atom stereocenters. The van der Waals surface area contributed by atoms with Crippen LogP contribution in [0.2, 0.25) is 5.02 Å². The standard InChI is InChI=1S/C62H67ClF3N9O9S3/c1-61(2)25-22-51(41-9-13-44(63)14-10-41)43(34-61)36-70-28-30-71(31-29-70)46-15-11-42(12-16-46)57(77)69-87(83,84)50-19-21-54(55(33-50)86(81,82)62(64,65)66)67-45(39-85-49-6-4-3-5-7-49)23-26-72-37-48-18-17-47(72)38-73(48)35-40-8-20-52-53(32-40)59(79)75(58(52)78)74-27-24-56(76)68-60(74)80/h3-16,19-21,32-33,45,47-48,67H,17-18,22-31,34-39H2,1-2H3,(H,69,77)(H,68,76,80)/t45-,47?,48?/m1/s1. The molecule has 25 heteroatoms. The molecule has 18 nitrogen and oxygen atoms in total. The van der Waals surface area contributed by atoms with Gasteiger partial charge in [-0.1, -0.05) is 67.4 Å². The van der Waals surface area contributed by atoms with Gasteiger partial charge in [-0.25, -0.2) is 31.4 Å². The summed E-state index contributed by atoms with van der Waals surface area (Å²) in [5, 5.41) is 7.61. The number of thioether (sulfide) groups is 1. The zero-order chi connectivity index (χ0) is 61.6. The molecule has 0 saturated carbocycles. The van der Waals surface area contributed by atoms with E-state index < -0.39 is 76.5 Å². The first-order valence-corrected chi connectivity index (χ1v) is 33.3. The molecule has 6 amide bonds. The van der Waals surface area contributed by atoms with E-state index in [1.165, 1.54) is 40.6 Å². The van der Waals surface area contributed by atoms with Crippen molar-refractivity contribution in [1.29, 1.82) is 0 Å². The minimum Gasteiger partial charge on any atom is -0.380 e. The number of piperazine rings is 2. The van der Waals surface area contributed by atoms with E-state index in [2.05, 4.69) is 56.2 Å². The number of nitrogens with one attached hydrogen (secondary N) is 3. The van der Waals surface area contributed by atoms with Crippen molar-refractivity contribution in [2.75, 3.05) is 74.9 Å². The Bertz CT molecular complexity index is 3760. The quantitative estimate of drug-likeness (QED) is 0.0520. The lowest BCUT2D eigenvalue weighted by molar-refractivity contribution is -0.122. The number of allylic oxidation sites excluding steroid dienone is 1. The Morgan fingerprint density at radius 1 is 0.782 bits per heavy atom. The van der Waals surface area contributed by atoms with Crippen LogP contribution >= 0.6 is 23.4 Å². The summed E-state index contributed by atoms with van der Waals surface area (Å²) in [4.78, 5) is 72.6. The topological polar surface area (TPSA) is 209 Å². The molecule has 1 aliphatic carbocycles. The number of imide groups is 2.